The van der Waals surface area contributed by atoms with Crippen LogP contribution in [0.2, 0.25) is 5.15 Å². The van der Waals surface area contributed by atoms with Gasteiger partial charge in [-0.05, 0) is 25.9 Å². The molecule has 1 aliphatic heterocycles. The van der Waals surface area contributed by atoms with E-state index >= 15 is 0 Å². The number of nitrogens with one attached hydrogen (secondary N) is 1. The van der Waals surface area contributed by atoms with Crippen molar-refractivity contribution in [1.82, 2.24) is 14.5 Å². The maximum Gasteiger partial charge on any atom is 0.329 e. The highest BCUT2D eigenvalue weighted by molar-refractivity contribution is 6.29. The largest absolute Gasteiger partial charge is 0.329 e. The number of H-pyrrole nitrogens is 1. The van der Waals surface area contributed by atoms with Crippen molar-refractivity contribution < 1.29 is 4.39 Å². The summed E-state index contributed by atoms with van der Waals surface area (Å²) in [6.45, 7) is 3.48. The summed E-state index contributed by atoms with van der Waals surface area (Å²) in [6, 6.07) is -0.288. The lowest BCUT2D eigenvalue weighted by Gasteiger charge is -2.35. The zero-order valence-corrected chi connectivity index (χ0v) is 11.0. The van der Waals surface area contributed by atoms with Crippen molar-refractivity contribution in [3.8, 4) is 0 Å². The molecule has 1 aromatic rings. The number of hydrogen-bond donors (Lipinski definition) is 1. The average Bonchev–Trinajstić information content (AvgIpc) is 2.29. The van der Waals surface area contributed by atoms with Crippen LogP contribution in [0.5, 0.6) is 0 Å². The Labute approximate surface area is 108 Å². The van der Waals surface area contributed by atoms with Gasteiger partial charge in [0, 0.05) is 12.6 Å². The van der Waals surface area contributed by atoms with Crippen LogP contribution in [0.15, 0.2) is 9.59 Å². The van der Waals surface area contributed by atoms with Crippen LogP contribution in [-0.2, 0) is 0 Å². The first-order valence-corrected chi connectivity index (χ1v) is 6.18. The van der Waals surface area contributed by atoms with Crippen LogP contribution in [0.25, 0.3) is 0 Å². The molecule has 2 unspecified atom stereocenters. The maximum absolute atomic E-state index is 13.5. The van der Waals surface area contributed by atoms with Gasteiger partial charge in [-0.2, -0.15) is 4.39 Å². The third kappa shape index (κ3) is 2.22. The van der Waals surface area contributed by atoms with E-state index < -0.39 is 22.2 Å². The molecule has 1 saturated heterocycles. The van der Waals surface area contributed by atoms with Gasteiger partial charge in [-0.15, -0.1) is 0 Å². The third-order valence-electron chi connectivity index (χ3n) is 3.43. The monoisotopic (exact) mass is 275 g/mol. The standard InChI is InChI=1S/C11H15ClFN3O2/c1-6-5-15(2)4-3-7(6)16-10(17)8(13)9(12)14-11(16)18/h6-7H,3-5H2,1-2H3,(H,14,18). The molecule has 7 heteroatoms. The molecule has 1 fully saturated rings. The van der Waals surface area contributed by atoms with E-state index in [1.165, 1.54) is 0 Å². The summed E-state index contributed by atoms with van der Waals surface area (Å²) >= 11 is 5.44. The predicted octanol–water partition coefficient (Wildman–Crippen LogP) is 0.842. The number of hydrogen-bond acceptors (Lipinski definition) is 3. The smallest absolute Gasteiger partial charge is 0.306 e. The lowest BCUT2D eigenvalue weighted by Crippen LogP contribution is -2.47. The minimum Gasteiger partial charge on any atom is -0.306 e. The number of halogens is 2. The lowest BCUT2D eigenvalue weighted by atomic mass is 9.94. The summed E-state index contributed by atoms with van der Waals surface area (Å²) in [6.07, 6.45) is 0.641. The molecule has 1 aliphatic rings. The minimum absolute atomic E-state index is 0.100. The summed E-state index contributed by atoms with van der Waals surface area (Å²) in [5, 5.41) is -0.526. The van der Waals surface area contributed by atoms with Gasteiger partial charge in [-0.3, -0.25) is 14.3 Å². The molecule has 5 nitrogen and oxygen atoms in total. The SMILES string of the molecule is CC1CN(C)CCC1n1c(=O)[nH]c(Cl)c(F)c1=O. The molecule has 2 atom stereocenters. The van der Waals surface area contributed by atoms with Crippen LogP contribution < -0.4 is 11.2 Å². The van der Waals surface area contributed by atoms with Crippen molar-refractivity contribution in [2.45, 2.75) is 19.4 Å². The summed E-state index contributed by atoms with van der Waals surface area (Å²) < 4.78 is 14.4. The molecular weight excluding hydrogens is 261 g/mol. The molecule has 1 N–H and O–H groups in total. The number of nitrogens with zero attached hydrogens (tertiary/aromatic N) is 2. The summed E-state index contributed by atoms with van der Waals surface area (Å²) in [5.41, 5.74) is -1.59. The first kappa shape index (κ1) is 13.3. The van der Waals surface area contributed by atoms with Gasteiger partial charge in [0.2, 0.25) is 5.82 Å². The van der Waals surface area contributed by atoms with E-state index in [0.29, 0.717) is 6.42 Å². The Hall–Kier alpha value is -1.14. The van der Waals surface area contributed by atoms with E-state index in [9.17, 15) is 14.0 Å². The third-order valence-corrected chi connectivity index (χ3v) is 3.69. The van der Waals surface area contributed by atoms with Gasteiger partial charge < -0.3 is 4.90 Å². The molecular formula is C11H15ClFN3O2. The van der Waals surface area contributed by atoms with Crippen LogP contribution in [-0.4, -0.2) is 34.6 Å². The van der Waals surface area contributed by atoms with Gasteiger partial charge in [0.25, 0.3) is 5.56 Å². The van der Waals surface area contributed by atoms with Crippen molar-refractivity contribution in [3.63, 3.8) is 0 Å². The van der Waals surface area contributed by atoms with Crippen LogP contribution in [0.1, 0.15) is 19.4 Å². The van der Waals surface area contributed by atoms with Crippen LogP contribution in [0.4, 0.5) is 4.39 Å². The molecule has 0 aliphatic carbocycles. The Kier molecular flexibility index (Phi) is 3.59. The highest BCUT2D eigenvalue weighted by Crippen LogP contribution is 2.25. The first-order valence-electron chi connectivity index (χ1n) is 5.80. The van der Waals surface area contributed by atoms with Gasteiger partial charge in [-0.1, -0.05) is 18.5 Å². The Bertz CT molecular complexity index is 568. The summed E-state index contributed by atoms with van der Waals surface area (Å²) in [5.74, 6) is -0.995. The fourth-order valence-corrected chi connectivity index (χ4v) is 2.69. The quantitative estimate of drug-likeness (QED) is 0.773. The van der Waals surface area contributed by atoms with Crippen molar-refractivity contribution in [1.29, 1.82) is 0 Å². The van der Waals surface area contributed by atoms with E-state index in [4.69, 9.17) is 11.6 Å². The molecule has 1 aromatic heterocycles. The summed E-state index contributed by atoms with van der Waals surface area (Å²) in [7, 11) is 1.97. The Morgan fingerprint density at radius 2 is 2.11 bits per heavy atom. The number of rotatable bonds is 1. The molecule has 0 saturated carbocycles. The van der Waals surface area contributed by atoms with Gasteiger partial charge in [-0.25, -0.2) is 4.79 Å². The molecule has 0 spiro atoms. The second kappa shape index (κ2) is 4.85. The van der Waals surface area contributed by atoms with Crippen molar-refractivity contribution in [2.24, 2.45) is 5.92 Å². The van der Waals surface area contributed by atoms with E-state index in [1.54, 1.807) is 0 Å². The number of aromatic amines is 1. The highest BCUT2D eigenvalue weighted by Gasteiger charge is 2.29. The van der Waals surface area contributed by atoms with Crippen LogP contribution in [0.3, 0.4) is 0 Å². The number of likely N-dealkylation sites (tertiary alicyclic amines) is 1. The lowest BCUT2D eigenvalue weighted by molar-refractivity contribution is 0.152. The van der Waals surface area contributed by atoms with Crippen molar-refractivity contribution >= 4 is 11.6 Å². The molecule has 0 bridgehead atoms. The van der Waals surface area contributed by atoms with Gasteiger partial charge in [0.05, 0.1) is 0 Å². The second-order valence-electron chi connectivity index (χ2n) is 4.83. The number of aromatic nitrogens is 2. The van der Waals surface area contributed by atoms with Crippen molar-refractivity contribution in [2.75, 3.05) is 20.1 Å². The zero-order valence-electron chi connectivity index (χ0n) is 10.2. The molecule has 2 rings (SSSR count). The molecule has 0 amide bonds. The molecule has 0 radical (unpaired) electrons. The maximum atomic E-state index is 13.5. The van der Waals surface area contributed by atoms with E-state index in [2.05, 4.69) is 9.88 Å². The Morgan fingerprint density at radius 1 is 1.44 bits per heavy atom. The Balaban J connectivity index is 2.49. The summed E-state index contributed by atoms with van der Waals surface area (Å²) in [4.78, 5) is 27.9. The first-order chi connectivity index (χ1) is 8.41. The van der Waals surface area contributed by atoms with Gasteiger partial charge in [0.15, 0.2) is 5.15 Å². The topological polar surface area (TPSA) is 58.1 Å². The molecule has 18 heavy (non-hydrogen) atoms. The van der Waals surface area contributed by atoms with E-state index in [0.717, 1.165) is 17.7 Å². The fourth-order valence-electron chi connectivity index (χ4n) is 2.53. The zero-order chi connectivity index (χ0) is 13.4. The van der Waals surface area contributed by atoms with E-state index in [1.807, 2.05) is 14.0 Å². The van der Waals surface area contributed by atoms with E-state index in [-0.39, 0.29) is 12.0 Å². The van der Waals surface area contributed by atoms with Crippen LogP contribution in [0, 0.1) is 11.7 Å². The molecule has 0 aromatic carbocycles. The predicted molar refractivity (Wildman–Crippen MR) is 66.6 cm³/mol. The number of piperidine rings is 1. The Morgan fingerprint density at radius 3 is 2.72 bits per heavy atom. The highest BCUT2D eigenvalue weighted by atomic mass is 35.5. The normalized spacial score (nSPS) is 25.3. The molecule has 100 valence electrons. The minimum atomic E-state index is -1.10. The van der Waals surface area contributed by atoms with Gasteiger partial charge >= 0.3 is 5.69 Å². The van der Waals surface area contributed by atoms with Gasteiger partial charge in [0.1, 0.15) is 0 Å². The molecule has 2 heterocycles. The van der Waals surface area contributed by atoms with Crippen molar-refractivity contribution in [3.05, 3.63) is 31.8 Å². The second-order valence-corrected chi connectivity index (χ2v) is 5.21. The fraction of sp³-hybridized carbons (Fsp3) is 0.636. The van der Waals surface area contributed by atoms with Crippen LogP contribution >= 0.6 is 11.6 Å². The average molecular weight is 276 g/mol.